The lowest BCUT2D eigenvalue weighted by molar-refractivity contribution is 0.187. The quantitative estimate of drug-likeness (QED) is 0.509. The van der Waals surface area contributed by atoms with Gasteiger partial charge in [0.15, 0.2) is 0 Å². The molecule has 2 fully saturated rings. The number of rotatable bonds is 2. The second-order valence-corrected chi connectivity index (χ2v) is 7.91. The van der Waals surface area contributed by atoms with E-state index in [2.05, 4.69) is 84.6 Å². The SMILES string of the molecule is CC.CC.CN1CCCC(c2ccccc2)C1.CN1CCCCC1c1ccccc1. The number of nitrogens with zero attached hydrogens (tertiary/aromatic N) is 2. The summed E-state index contributed by atoms with van der Waals surface area (Å²) < 4.78 is 0. The molecular weight excluding hydrogens is 364 g/mol. The Labute approximate surface area is 187 Å². The summed E-state index contributed by atoms with van der Waals surface area (Å²) in [7, 11) is 4.45. The van der Waals surface area contributed by atoms with Crippen LogP contribution < -0.4 is 0 Å². The number of piperidine rings is 2. The normalized spacial score (nSPS) is 21.7. The molecule has 0 amide bonds. The van der Waals surface area contributed by atoms with E-state index >= 15 is 0 Å². The van der Waals surface area contributed by atoms with Crippen LogP contribution in [-0.2, 0) is 0 Å². The zero-order valence-corrected chi connectivity index (χ0v) is 20.5. The number of likely N-dealkylation sites (tertiary alicyclic amines) is 2. The fraction of sp³-hybridized carbons (Fsp3) is 0.571. The predicted molar refractivity (Wildman–Crippen MR) is 134 cm³/mol. The largest absolute Gasteiger partial charge is 0.306 e. The molecule has 4 rings (SSSR count). The molecule has 168 valence electrons. The first kappa shape index (κ1) is 26.4. The van der Waals surface area contributed by atoms with Crippen LogP contribution in [0.5, 0.6) is 0 Å². The molecule has 2 aliphatic rings. The lowest BCUT2D eigenvalue weighted by Gasteiger charge is -2.32. The number of hydrogen-bond acceptors (Lipinski definition) is 2. The second kappa shape index (κ2) is 16.1. The van der Waals surface area contributed by atoms with Crippen molar-refractivity contribution in [2.45, 2.75) is 71.8 Å². The minimum atomic E-state index is 0.662. The molecule has 30 heavy (non-hydrogen) atoms. The summed E-state index contributed by atoms with van der Waals surface area (Å²) in [6.07, 6.45) is 6.76. The molecule has 2 aromatic carbocycles. The van der Waals surface area contributed by atoms with Gasteiger partial charge in [-0.3, -0.25) is 4.90 Å². The van der Waals surface area contributed by atoms with Crippen LogP contribution in [0.4, 0.5) is 0 Å². The Hall–Kier alpha value is -1.64. The van der Waals surface area contributed by atoms with Crippen LogP contribution in [0.15, 0.2) is 60.7 Å². The van der Waals surface area contributed by atoms with Crippen LogP contribution in [0, 0.1) is 0 Å². The highest BCUT2D eigenvalue weighted by molar-refractivity contribution is 5.20. The molecule has 0 spiro atoms. The highest BCUT2D eigenvalue weighted by atomic mass is 15.1. The van der Waals surface area contributed by atoms with Gasteiger partial charge in [-0.25, -0.2) is 0 Å². The highest BCUT2D eigenvalue weighted by Crippen LogP contribution is 2.29. The Bertz CT molecular complexity index is 626. The molecule has 0 N–H and O–H groups in total. The first-order valence-corrected chi connectivity index (χ1v) is 12.2. The van der Waals surface area contributed by atoms with E-state index in [4.69, 9.17) is 0 Å². The van der Waals surface area contributed by atoms with E-state index in [1.807, 2.05) is 27.7 Å². The minimum absolute atomic E-state index is 0.662. The van der Waals surface area contributed by atoms with Crippen LogP contribution >= 0.6 is 0 Å². The Morgan fingerprint density at radius 3 is 1.73 bits per heavy atom. The molecule has 2 aliphatic heterocycles. The lowest BCUT2D eigenvalue weighted by Crippen LogP contribution is -2.30. The van der Waals surface area contributed by atoms with Crippen molar-refractivity contribution < 1.29 is 0 Å². The Kier molecular flexibility index (Phi) is 14.2. The predicted octanol–water partition coefficient (Wildman–Crippen LogP) is 7.39. The van der Waals surface area contributed by atoms with Gasteiger partial charge < -0.3 is 4.90 Å². The van der Waals surface area contributed by atoms with Gasteiger partial charge in [-0.15, -0.1) is 0 Å². The average Bonchev–Trinajstić information content (AvgIpc) is 2.84. The standard InChI is InChI=1S/2C12H17N.2C2H6/c1-13-10-6-5-9-12(13)11-7-3-2-4-8-11;1-13-9-5-8-12(10-13)11-6-3-2-4-7-11;2*1-2/h2-4,7-8,12H,5-6,9-10H2,1H3;2-4,6-7,12H,5,8-10H2,1H3;2*1-2H3. The Morgan fingerprint density at radius 2 is 1.20 bits per heavy atom. The van der Waals surface area contributed by atoms with E-state index in [1.54, 1.807) is 0 Å². The van der Waals surface area contributed by atoms with Crippen LogP contribution in [0.2, 0.25) is 0 Å². The summed E-state index contributed by atoms with van der Waals surface area (Å²) in [5.41, 5.74) is 2.98. The van der Waals surface area contributed by atoms with E-state index in [1.165, 1.54) is 62.9 Å². The van der Waals surface area contributed by atoms with E-state index in [9.17, 15) is 0 Å². The zero-order chi connectivity index (χ0) is 22.2. The maximum Gasteiger partial charge on any atom is 0.0345 e. The van der Waals surface area contributed by atoms with Crippen molar-refractivity contribution in [3.8, 4) is 0 Å². The molecule has 0 aliphatic carbocycles. The minimum Gasteiger partial charge on any atom is -0.306 e. The molecule has 2 saturated heterocycles. The molecule has 0 saturated carbocycles. The van der Waals surface area contributed by atoms with E-state index in [0.717, 1.165) is 5.92 Å². The van der Waals surface area contributed by atoms with Gasteiger partial charge in [0.25, 0.3) is 0 Å². The van der Waals surface area contributed by atoms with Gasteiger partial charge in [0.1, 0.15) is 0 Å². The lowest BCUT2D eigenvalue weighted by atomic mass is 9.91. The number of benzene rings is 2. The maximum absolute atomic E-state index is 2.47. The molecule has 2 heterocycles. The van der Waals surface area contributed by atoms with Gasteiger partial charge >= 0.3 is 0 Å². The third-order valence-electron chi connectivity index (χ3n) is 5.85. The van der Waals surface area contributed by atoms with Crippen LogP contribution in [0.1, 0.15) is 82.9 Å². The molecule has 2 nitrogen and oxygen atoms in total. The summed E-state index contributed by atoms with van der Waals surface area (Å²) in [6, 6.07) is 22.4. The average molecular weight is 411 g/mol. The summed E-state index contributed by atoms with van der Waals surface area (Å²) in [6.45, 7) is 11.7. The monoisotopic (exact) mass is 410 g/mol. The second-order valence-electron chi connectivity index (χ2n) is 7.91. The van der Waals surface area contributed by atoms with E-state index < -0.39 is 0 Å². The van der Waals surface area contributed by atoms with Gasteiger partial charge in [0.05, 0.1) is 0 Å². The molecule has 2 heteroatoms. The van der Waals surface area contributed by atoms with Crippen molar-refractivity contribution in [1.82, 2.24) is 9.80 Å². The molecule has 2 atom stereocenters. The van der Waals surface area contributed by atoms with E-state index in [-0.39, 0.29) is 0 Å². The van der Waals surface area contributed by atoms with Crippen molar-refractivity contribution in [2.24, 2.45) is 0 Å². The van der Waals surface area contributed by atoms with Gasteiger partial charge in [-0.2, -0.15) is 0 Å². The molecule has 2 aromatic rings. The zero-order valence-electron chi connectivity index (χ0n) is 20.5. The number of hydrogen-bond donors (Lipinski definition) is 0. The highest BCUT2D eigenvalue weighted by Gasteiger charge is 2.20. The van der Waals surface area contributed by atoms with Gasteiger partial charge in [0.2, 0.25) is 0 Å². The van der Waals surface area contributed by atoms with Gasteiger partial charge in [0, 0.05) is 12.6 Å². The fourth-order valence-corrected chi connectivity index (χ4v) is 4.34. The summed E-state index contributed by atoms with van der Waals surface area (Å²) in [5.74, 6) is 0.764. The summed E-state index contributed by atoms with van der Waals surface area (Å²) in [4.78, 5) is 4.90. The Balaban J connectivity index is 0.000000258. The number of likely N-dealkylation sites (N-methyl/N-ethyl adjacent to an activating group) is 1. The Morgan fingerprint density at radius 1 is 0.633 bits per heavy atom. The topological polar surface area (TPSA) is 6.48 Å². The molecule has 0 bridgehead atoms. The van der Waals surface area contributed by atoms with Crippen molar-refractivity contribution in [2.75, 3.05) is 33.7 Å². The third kappa shape index (κ3) is 9.02. The summed E-state index contributed by atoms with van der Waals surface area (Å²) in [5, 5.41) is 0. The first-order valence-electron chi connectivity index (χ1n) is 12.2. The summed E-state index contributed by atoms with van der Waals surface area (Å²) >= 11 is 0. The fourth-order valence-electron chi connectivity index (χ4n) is 4.34. The van der Waals surface area contributed by atoms with Crippen LogP contribution in [0.3, 0.4) is 0 Å². The molecular formula is C28H46N2. The van der Waals surface area contributed by atoms with Crippen molar-refractivity contribution in [1.29, 1.82) is 0 Å². The molecule has 0 radical (unpaired) electrons. The van der Waals surface area contributed by atoms with Crippen LogP contribution in [0.25, 0.3) is 0 Å². The van der Waals surface area contributed by atoms with E-state index in [0.29, 0.717) is 6.04 Å². The van der Waals surface area contributed by atoms with Crippen molar-refractivity contribution in [3.63, 3.8) is 0 Å². The first-order chi connectivity index (χ1) is 14.7. The molecule has 0 aromatic heterocycles. The van der Waals surface area contributed by atoms with Gasteiger partial charge in [-0.1, -0.05) is 94.8 Å². The molecule has 2 unspecified atom stereocenters. The smallest absolute Gasteiger partial charge is 0.0345 e. The van der Waals surface area contributed by atoms with Crippen molar-refractivity contribution >= 4 is 0 Å². The maximum atomic E-state index is 2.47. The van der Waals surface area contributed by atoms with Crippen LogP contribution in [-0.4, -0.2) is 43.5 Å². The van der Waals surface area contributed by atoms with Gasteiger partial charge in [-0.05, 0) is 69.9 Å². The third-order valence-corrected chi connectivity index (χ3v) is 5.85. The van der Waals surface area contributed by atoms with Crippen molar-refractivity contribution in [3.05, 3.63) is 71.8 Å².